The SMILES string of the molecule is CN[C@@H](C)C(=O)N[C@H](C(=O)N1C[C@@H](CC(=O)c2cccc(C(=O)C[C@H]3C[C@@H](C(=O)N[C@H](C)c4ccccc4)N(C(=O)[C@@H](NC(=O)[C@H](C)NC)c4ccccc4)C3)c2)C[C@H]1C(=O)N[C@H](C)c1ccccc1)c1ccccc1. The average molecular weight is 1030 g/mol. The molecule has 16 heteroatoms. The summed E-state index contributed by atoms with van der Waals surface area (Å²) in [7, 11) is 3.29. The molecule has 16 nitrogen and oxygen atoms in total. The molecule has 0 spiro atoms. The van der Waals surface area contributed by atoms with Crippen molar-refractivity contribution in [1.29, 1.82) is 0 Å². The van der Waals surface area contributed by atoms with E-state index >= 15 is 0 Å². The summed E-state index contributed by atoms with van der Waals surface area (Å²) >= 11 is 0. The lowest BCUT2D eigenvalue weighted by molar-refractivity contribution is -0.142. The first-order valence-corrected chi connectivity index (χ1v) is 26.1. The maximum Gasteiger partial charge on any atom is 0.250 e. The van der Waals surface area contributed by atoms with Gasteiger partial charge in [-0.2, -0.15) is 0 Å². The van der Waals surface area contributed by atoms with Gasteiger partial charge in [-0.05, 0) is 94.8 Å². The Hall–Kier alpha value is -7.82. The monoisotopic (exact) mass is 1030 g/mol. The molecular formula is C60H70N8O8. The number of Topliss-reactive ketones (excluding diaryl/α,β-unsaturated/α-hetero) is 2. The Kier molecular flexibility index (Phi) is 19.2. The van der Waals surface area contributed by atoms with Gasteiger partial charge in [0.2, 0.25) is 35.4 Å². The number of rotatable bonds is 22. The fourth-order valence-corrected chi connectivity index (χ4v) is 10.0. The number of hydrogen-bond donors (Lipinski definition) is 6. The Bertz CT molecular complexity index is 2650. The van der Waals surface area contributed by atoms with Crippen LogP contribution in [-0.2, 0) is 28.8 Å². The lowest BCUT2D eigenvalue weighted by Gasteiger charge is -2.30. The highest BCUT2D eigenvalue weighted by atomic mass is 16.2. The molecule has 0 unspecified atom stereocenters. The molecule has 6 N–H and O–H groups in total. The molecule has 2 aliphatic heterocycles. The molecule has 10 atom stereocenters. The van der Waals surface area contributed by atoms with E-state index in [-0.39, 0.29) is 61.5 Å². The highest BCUT2D eigenvalue weighted by Crippen LogP contribution is 2.34. The second-order valence-electron chi connectivity index (χ2n) is 20.1. The number of amides is 6. The van der Waals surface area contributed by atoms with Crippen LogP contribution in [0.2, 0.25) is 0 Å². The van der Waals surface area contributed by atoms with Crippen molar-refractivity contribution in [2.24, 2.45) is 11.8 Å². The van der Waals surface area contributed by atoms with E-state index in [1.165, 1.54) is 9.80 Å². The molecule has 7 rings (SSSR count). The number of likely N-dealkylation sites (tertiary alicyclic amines) is 2. The van der Waals surface area contributed by atoms with E-state index in [1.807, 2.05) is 74.5 Å². The van der Waals surface area contributed by atoms with E-state index in [4.69, 9.17) is 0 Å². The smallest absolute Gasteiger partial charge is 0.250 e. The van der Waals surface area contributed by atoms with Crippen LogP contribution in [0.3, 0.4) is 0 Å². The fourth-order valence-electron chi connectivity index (χ4n) is 10.0. The van der Waals surface area contributed by atoms with Gasteiger partial charge in [-0.1, -0.05) is 140 Å². The molecule has 2 saturated heterocycles. The number of nitrogens with zero attached hydrogens (tertiary/aromatic N) is 2. The van der Waals surface area contributed by atoms with Gasteiger partial charge in [0, 0.05) is 37.1 Å². The van der Waals surface area contributed by atoms with Gasteiger partial charge in [0.15, 0.2) is 11.6 Å². The minimum atomic E-state index is -1.12. The molecule has 0 aliphatic carbocycles. The quantitative estimate of drug-likeness (QED) is 0.0448. The fraction of sp³-hybridized carbons (Fsp3) is 0.367. The summed E-state index contributed by atoms with van der Waals surface area (Å²) < 4.78 is 0. The highest BCUT2D eigenvalue weighted by Gasteiger charge is 2.45. The third kappa shape index (κ3) is 13.9. The van der Waals surface area contributed by atoms with E-state index in [0.29, 0.717) is 11.1 Å². The molecule has 0 radical (unpaired) electrons. The average Bonchev–Trinajstić information content (AvgIpc) is 4.08. The zero-order chi connectivity index (χ0) is 54.5. The standard InChI is InChI=1S/C60H70N8O8/c1-37(43-20-11-7-12-21-43)63-57(73)49-30-41(35-67(49)59(75)53(45-24-15-9-16-25-45)65-55(71)39(3)61-5)32-51(69)47-28-19-29-48(34-47)52(70)33-42-31-50(58(74)64-38(2)44-22-13-8-14-23-44)68(36-42)60(76)54(46-26-17-10-18-27-46)66-56(72)40(4)62-6/h7-29,34,37-42,49-50,53-54,61-62H,30-33,35-36H2,1-6H3,(H,63,73)(H,64,74)(H,65,71)(H,66,72)/t37-,38-,39+,40+,41-,42-,49+,50+,53+,54+/m1/s1. The number of nitrogens with one attached hydrogen (secondary N) is 6. The molecule has 5 aromatic carbocycles. The predicted octanol–water partition coefficient (Wildman–Crippen LogP) is 5.95. The molecular weight excluding hydrogens is 961 g/mol. The van der Waals surface area contributed by atoms with Crippen molar-refractivity contribution < 1.29 is 38.4 Å². The Morgan fingerprint density at radius 2 is 0.776 bits per heavy atom. The van der Waals surface area contributed by atoms with E-state index in [9.17, 15) is 38.4 Å². The van der Waals surface area contributed by atoms with Gasteiger partial charge in [0.25, 0.3) is 0 Å². The van der Waals surface area contributed by atoms with Crippen molar-refractivity contribution in [2.75, 3.05) is 27.2 Å². The molecule has 0 saturated carbocycles. The summed E-state index contributed by atoms with van der Waals surface area (Å²) in [4.78, 5) is 116. The predicted molar refractivity (Wildman–Crippen MR) is 289 cm³/mol. The van der Waals surface area contributed by atoms with Gasteiger partial charge in [-0.25, -0.2) is 0 Å². The molecule has 6 amide bonds. The van der Waals surface area contributed by atoms with Crippen LogP contribution in [0.1, 0.15) is 121 Å². The molecule has 76 heavy (non-hydrogen) atoms. The normalized spacial score (nSPS) is 19.5. The van der Waals surface area contributed by atoms with E-state index < -0.39 is 95.6 Å². The summed E-state index contributed by atoms with van der Waals surface area (Å²) in [6.07, 6.45) is 0.265. The third-order valence-electron chi connectivity index (χ3n) is 14.7. The van der Waals surface area contributed by atoms with Gasteiger partial charge in [-0.3, -0.25) is 38.4 Å². The maximum absolute atomic E-state index is 14.7. The summed E-state index contributed by atoms with van der Waals surface area (Å²) in [5.41, 5.74) is 3.37. The molecule has 5 aromatic rings. The molecule has 0 aromatic heterocycles. The van der Waals surface area contributed by atoms with Gasteiger partial charge >= 0.3 is 0 Å². The minimum Gasteiger partial charge on any atom is -0.348 e. The van der Waals surface area contributed by atoms with Crippen molar-refractivity contribution in [3.63, 3.8) is 0 Å². The van der Waals surface area contributed by atoms with E-state index in [0.717, 1.165) is 11.1 Å². The molecule has 398 valence electrons. The third-order valence-corrected chi connectivity index (χ3v) is 14.7. The van der Waals surface area contributed by atoms with E-state index in [2.05, 4.69) is 31.9 Å². The highest BCUT2D eigenvalue weighted by molar-refractivity contribution is 6.02. The van der Waals surface area contributed by atoms with Gasteiger partial charge in [0.05, 0.1) is 24.2 Å². The summed E-state index contributed by atoms with van der Waals surface area (Å²) in [6.45, 7) is 7.19. The van der Waals surface area contributed by atoms with Crippen molar-refractivity contribution in [2.45, 2.75) is 102 Å². The van der Waals surface area contributed by atoms with Crippen molar-refractivity contribution in [1.82, 2.24) is 41.7 Å². The maximum atomic E-state index is 14.7. The number of carbonyl (C=O) groups is 8. The lowest BCUT2D eigenvalue weighted by Crippen LogP contribution is -2.52. The number of benzene rings is 5. The first kappa shape index (κ1) is 55.9. The molecule has 2 aliphatic rings. The number of hydrogen-bond acceptors (Lipinski definition) is 10. The largest absolute Gasteiger partial charge is 0.348 e. The minimum absolute atomic E-state index is 0.0390. The second kappa shape index (κ2) is 26.1. The molecule has 2 heterocycles. The Labute approximate surface area is 445 Å². The van der Waals surface area contributed by atoms with Gasteiger partial charge < -0.3 is 41.7 Å². The topological polar surface area (TPSA) is 215 Å². The number of carbonyl (C=O) groups excluding carboxylic acids is 8. The Morgan fingerprint density at radius 1 is 0.447 bits per heavy atom. The van der Waals surface area contributed by atoms with Crippen LogP contribution in [-0.4, -0.2) is 108 Å². The van der Waals surface area contributed by atoms with Gasteiger partial charge in [-0.15, -0.1) is 0 Å². The summed E-state index contributed by atoms with van der Waals surface area (Å²) in [6, 6.07) is 36.8. The van der Waals surface area contributed by atoms with Gasteiger partial charge in [0.1, 0.15) is 24.2 Å². The molecule has 2 fully saturated rings. The van der Waals surface area contributed by atoms with Crippen LogP contribution in [0.4, 0.5) is 0 Å². The van der Waals surface area contributed by atoms with Crippen LogP contribution in [0.15, 0.2) is 146 Å². The summed E-state index contributed by atoms with van der Waals surface area (Å²) in [5, 5.41) is 17.7. The second-order valence-corrected chi connectivity index (χ2v) is 20.1. The molecule has 0 bridgehead atoms. The lowest BCUT2D eigenvalue weighted by atomic mass is 9.92. The van der Waals surface area contributed by atoms with Crippen LogP contribution < -0.4 is 31.9 Å². The zero-order valence-electron chi connectivity index (χ0n) is 44.0. The van der Waals surface area contributed by atoms with Crippen LogP contribution in [0.5, 0.6) is 0 Å². The van der Waals surface area contributed by atoms with Crippen molar-refractivity contribution in [3.05, 3.63) is 179 Å². The van der Waals surface area contributed by atoms with Crippen LogP contribution >= 0.6 is 0 Å². The first-order valence-electron chi connectivity index (χ1n) is 26.1. The van der Waals surface area contributed by atoms with Crippen LogP contribution in [0, 0.1) is 11.8 Å². The van der Waals surface area contributed by atoms with Crippen LogP contribution in [0.25, 0.3) is 0 Å². The Balaban J connectivity index is 1.09. The number of likely N-dealkylation sites (N-methyl/N-ethyl adjacent to an activating group) is 2. The Morgan fingerprint density at radius 3 is 1.11 bits per heavy atom. The van der Waals surface area contributed by atoms with E-state index in [1.54, 1.807) is 113 Å². The van der Waals surface area contributed by atoms with Crippen molar-refractivity contribution in [3.8, 4) is 0 Å². The first-order chi connectivity index (χ1) is 36.6. The van der Waals surface area contributed by atoms with Crippen molar-refractivity contribution >= 4 is 47.0 Å². The summed E-state index contributed by atoms with van der Waals surface area (Å²) in [5.74, 6) is -4.05. The number of ketones is 2. The zero-order valence-corrected chi connectivity index (χ0v) is 44.0.